The molecule has 7 heteroatoms. The van der Waals surface area contributed by atoms with E-state index in [1.807, 2.05) is 20.8 Å². The topological polar surface area (TPSA) is 66.5 Å². The second-order valence-corrected chi connectivity index (χ2v) is 9.74. The molecule has 3 rings (SSSR count). The van der Waals surface area contributed by atoms with Crippen molar-refractivity contribution in [2.75, 3.05) is 13.1 Å². The molecule has 1 fully saturated rings. The summed E-state index contributed by atoms with van der Waals surface area (Å²) in [6, 6.07) is 12.6. The average molecular weight is 433 g/mol. The summed E-state index contributed by atoms with van der Waals surface area (Å²) in [5.74, 6) is -0.462. The van der Waals surface area contributed by atoms with Crippen LogP contribution < -0.4 is 5.32 Å². The van der Waals surface area contributed by atoms with Crippen molar-refractivity contribution in [1.29, 1.82) is 0 Å². The Morgan fingerprint density at radius 2 is 1.77 bits per heavy atom. The van der Waals surface area contributed by atoms with Gasteiger partial charge < -0.3 is 5.32 Å². The molecular formula is C23H29FN2O3S. The predicted octanol–water partition coefficient (Wildman–Crippen LogP) is 4.16. The number of sulfonamides is 1. The molecule has 30 heavy (non-hydrogen) atoms. The fourth-order valence-corrected chi connectivity index (χ4v) is 5.48. The van der Waals surface area contributed by atoms with E-state index in [1.165, 1.54) is 16.4 Å². The highest BCUT2D eigenvalue weighted by Crippen LogP contribution is 2.44. The molecule has 1 N–H and O–H groups in total. The Balaban J connectivity index is 1.76. The van der Waals surface area contributed by atoms with Crippen LogP contribution in [0.5, 0.6) is 0 Å². The van der Waals surface area contributed by atoms with E-state index in [4.69, 9.17) is 0 Å². The van der Waals surface area contributed by atoms with E-state index in [-0.39, 0.29) is 22.7 Å². The normalized spacial score (nSPS) is 16.7. The van der Waals surface area contributed by atoms with Gasteiger partial charge in [0.25, 0.3) is 0 Å². The molecule has 5 nitrogen and oxygen atoms in total. The van der Waals surface area contributed by atoms with Crippen molar-refractivity contribution < 1.29 is 17.6 Å². The molecule has 162 valence electrons. The van der Waals surface area contributed by atoms with Crippen molar-refractivity contribution in [2.45, 2.75) is 56.4 Å². The van der Waals surface area contributed by atoms with Crippen molar-refractivity contribution in [2.24, 2.45) is 0 Å². The van der Waals surface area contributed by atoms with Gasteiger partial charge in [0.1, 0.15) is 5.82 Å². The first-order chi connectivity index (χ1) is 14.2. The smallest absolute Gasteiger partial charge is 0.243 e. The summed E-state index contributed by atoms with van der Waals surface area (Å²) in [6.45, 7) is 6.30. The van der Waals surface area contributed by atoms with Gasteiger partial charge >= 0.3 is 0 Å². The van der Waals surface area contributed by atoms with E-state index in [0.29, 0.717) is 31.5 Å². The number of hydrogen-bond donors (Lipinski definition) is 1. The monoisotopic (exact) mass is 432 g/mol. The zero-order valence-electron chi connectivity index (χ0n) is 17.7. The number of halogens is 1. The van der Waals surface area contributed by atoms with E-state index < -0.39 is 15.4 Å². The van der Waals surface area contributed by atoms with Crippen LogP contribution in [0, 0.1) is 5.82 Å². The molecule has 0 heterocycles. The fourth-order valence-electron chi connectivity index (χ4n) is 4.02. The maximum atomic E-state index is 13.7. The van der Waals surface area contributed by atoms with Crippen molar-refractivity contribution in [1.82, 2.24) is 9.62 Å². The fraction of sp³-hybridized carbons (Fsp3) is 0.435. The van der Waals surface area contributed by atoms with Gasteiger partial charge in [0, 0.05) is 13.1 Å². The molecule has 0 aromatic heterocycles. The quantitative estimate of drug-likeness (QED) is 0.681. The van der Waals surface area contributed by atoms with Crippen molar-refractivity contribution >= 4 is 15.9 Å². The predicted molar refractivity (Wildman–Crippen MR) is 115 cm³/mol. The summed E-state index contributed by atoms with van der Waals surface area (Å²) < 4.78 is 40.4. The zero-order chi connectivity index (χ0) is 21.9. The van der Waals surface area contributed by atoms with Crippen LogP contribution in [0.4, 0.5) is 4.39 Å². The van der Waals surface area contributed by atoms with E-state index in [2.05, 4.69) is 5.32 Å². The van der Waals surface area contributed by atoms with Crippen LogP contribution in [0.25, 0.3) is 0 Å². The number of carbonyl (C=O) groups is 1. The van der Waals surface area contributed by atoms with Gasteiger partial charge in [0.15, 0.2) is 0 Å². The third-order valence-electron chi connectivity index (χ3n) is 6.09. The second-order valence-electron chi connectivity index (χ2n) is 7.80. The number of nitrogens with zero attached hydrogens (tertiary/aromatic N) is 1. The van der Waals surface area contributed by atoms with Crippen LogP contribution in [0.3, 0.4) is 0 Å². The van der Waals surface area contributed by atoms with Crippen LogP contribution in [0.15, 0.2) is 53.4 Å². The average Bonchev–Trinajstić information content (AvgIpc) is 2.68. The zero-order valence-corrected chi connectivity index (χ0v) is 18.5. The minimum Gasteiger partial charge on any atom is -0.349 e. The summed E-state index contributed by atoms with van der Waals surface area (Å²) in [4.78, 5) is 13.3. The Morgan fingerprint density at radius 1 is 1.13 bits per heavy atom. The second kappa shape index (κ2) is 8.86. The van der Waals surface area contributed by atoms with Gasteiger partial charge in [-0.1, -0.05) is 44.5 Å². The third kappa shape index (κ3) is 4.14. The number of amides is 1. The Morgan fingerprint density at radius 3 is 2.27 bits per heavy atom. The minimum atomic E-state index is -3.51. The first kappa shape index (κ1) is 22.4. The van der Waals surface area contributed by atoms with Crippen molar-refractivity contribution in [3.8, 4) is 0 Å². The van der Waals surface area contributed by atoms with Gasteiger partial charge in [-0.25, -0.2) is 12.8 Å². The van der Waals surface area contributed by atoms with Crippen molar-refractivity contribution in [3.05, 3.63) is 65.5 Å². The molecule has 1 saturated carbocycles. The molecule has 0 aliphatic heterocycles. The maximum Gasteiger partial charge on any atom is 0.243 e. The molecule has 1 atom stereocenters. The SMILES string of the molecule is CCN(CC)S(=O)(=O)c1ccc(C(C)NC(=O)C2(c3cccc(F)c3)CCC2)cc1. The number of benzene rings is 2. The van der Waals surface area contributed by atoms with Gasteiger partial charge in [0.2, 0.25) is 15.9 Å². The first-order valence-corrected chi connectivity index (χ1v) is 11.9. The largest absolute Gasteiger partial charge is 0.349 e. The molecular weight excluding hydrogens is 403 g/mol. The van der Waals surface area contributed by atoms with Gasteiger partial charge in [-0.05, 0) is 55.2 Å². The molecule has 1 aliphatic rings. The van der Waals surface area contributed by atoms with Crippen molar-refractivity contribution in [3.63, 3.8) is 0 Å². The number of carbonyl (C=O) groups excluding carboxylic acids is 1. The molecule has 0 radical (unpaired) electrons. The van der Waals surface area contributed by atoms with Gasteiger partial charge in [0.05, 0.1) is 16.4 Å². The Bertz CT molecular complexity index is 997. The highest BCUT2D eigenvalue weighted by atomic mass is 32.2. The van der Waals surface area contributed by atoms with Crippen LogP contribution >= 0.6 is 0 Å². The standard InChI is InChI=1S/C23H29FN2O3S/c1-4-26(5-2)30(28,29)21-12-10-18(11-13-21)17(3)25-22(27)23(14-7-15-23)19-8-6-9-20(24)16-19/h6,8-13,16-17H,4-5,7,14-15H2,1-3H3,(H,25,27). The Kier molecular flexibility index (Phi) is 6.62. The number of hydrogen-bond acceptors (Lipinski definition) is 3. The summed E-state index contributed by atoms with van der Waals surface area (Å²) in [7, 11) is -3.51. The lowest BCUT2D eigenvalue weighted by molar-refractivity contribution is -0.130. The summed E-state index contributed by atoms with van der Waals surface area (Å²) in [5, 5.41) is 3.04. The van der Waals surface area contributed by atoms with Crippen LogP contribution in [-0.2, 0) is 20.2 Å². The molecule has 1 amide bonds. The maximum absolute atomic E-state index is 13.7. The summed E-state index contributed by atoms with van der Waals surface area (Å²) in [5.41, 5.74) is 0.831. The van der Waals surface area contributed by atoms with Crippen LogP contribution in [0.2, 0.25) is 0 Å². The van der Waals surface area contributed by atoms with Gasteiger partial charge in [-0.2, -0.15) is 4.31 Å². The van der Waals surface area contributed by atoms with E-state index in [1.54, 1.807) is 36.4 Å². The van der Waals surface area contributed by atoms with Crippen LogP contribution in [0.1, 0.15) is 57.2 Å². The van der Waals surface area contributed by atoms with E-state index >= 15 is 0 Å². The summed E-state index contributed by atoms with van der Waals surface area (Å²) in [6.07, 6.45) is 2.31. The molecule has 0 saturated heterocycles. The van der Waals surface area contributed by atoms with E-state index in [9.17, 15) is 17.6 Å². The van der Waals surface area contributed by atoms with Crippen LogP contribution in [-0.4, -0.2) is 31.7 Å². The Labute approximate surface area is 178 Å². The molecule has 0 spiro atoms. The molecule has 0 bridgehead atoms. The molecule has 2 aromatic carbocycles. The summed E-state index contributed by atoms with van der Waals surface area (Å²) >= 11 is 0. The van der Waals surface area contributed by atoms with Gasteiger partial charge in [-0.3, -0.25) is 4.79 Å². The third-order valence-corrected chi connectivity index (χ3v) is 8.15. The van der Waals surface area contributed by atoms with E-state index in [0.717, 1.165) is 12.0 Å². The lowest BCUT2D eigenvalue weighted by Gasteiger charge is -2.41. The highest BCUT2D eigenvalue weighted by Gasteiger charge is 2.46. The van der Waals surface area contributed by atoms with Gasteiger partial charge in [-0.15, -0.1) is 0 Å². The minimum absolute atomic E-state index is 0.119. The lowest BCUT2D eigenvalue weighted by Crippen LogP contribution is -2.49. The molecule has 2 aromatic rings. The first-order valence-electron chi connectivity index (χ1n) is 10.4. The molecule has 1 unspecified atom stereocenters. The number of nitrogens with one attached hydrogen (secondary N) is 1. The lowest BCUT2D eigenvalue weighted by atomic mass is 9.63. The Hall–Kier alpha value is -2.25. The number of rotatable bonds is 8. The highest BCUT2D eigenvalue weighted by molar-refractivity contribution is 7.89. The molecule has 1 aliphatic carbocycles.